The van der Waals surface area contributed by atoms with E-state index < -0.39 is 0 Å². The van der Waals surface area contributed by atoms with Crippen molar-refractivity contribution in [3.8, 4) is 0 Å². The molecule has 0 aromatic rings. The zero-order valence-electron chi connectivity index (χ0n) is 6.23. The van der Waals surface area contributed by atoms with Gasteiger partial charge < -0.3 is 5.11 Å². The summed E-state index contributed by atoms with van der Waals surface area (Å²) in [5, 5.41) is 8.47. The van der Waals surface area contributed by atoms with Gasteiger partial charge in [-0.25, -0.2) is 0 Å². The second-order valence-electron chi connectivity index (χ2n) is 2.08. The predicted octanol–water partition coefficient (Wildman–Crippen LogP) is 1.72. The summed E-state index contributed by atoms with van der Waals surface area (Å²) in [7, 11) is 4.67. The summed E-state index contributed by atoms with van der Waals surface area (Å²) >= 11 is 1.33. The molecule has 7 radical (unpaired) electrons. The van der Waals surface area contributed by atoms with Crippen LogP contribution in [0.1, 0.15) is 26.7 Å². The van der Waals surface area contributed by atoms with E-state index in [0.717, 1.165) is 6.42 Å². The van der Waals surface area contributed by atoms with E-state index in [1.165, 1.54) is 27.0 Å². The van der Waals surface area contributed by atoms with Gasteiger partial charge >= 0.3 is 29.7 Å². The Hall–Kier alpha value is 1.02. The van der Waals surface area contributed by atoms with E-state index >= 15 is 0 Å². The largest absolute Gasteiger partial charge is 1.59 e. The summed E-state index contributed by atoms with van der Waals surface area (Å²) in [6.45, 7) is 4.53. The fourth-order valence-electron chi connectivity index (χ4n) is 0.584. The van der Waals surface area contributed by atoms with Crippen molar-refractivity contribution < 1.29 is 5.11 Å². The first kappa shape index (κ1) is 12.7. The second-order valence-corrected chi connectivity index (χ2v) is 2.08. The van der Waals surface area contributed by atoms with Crippen LogP contribution in [0, 0.1) is 5.92 Å². The van der Waals surface area contributed by atoms with Crippen LogP contribution < -0.4 is 0 Å². The van der Waals surface area contributed by atoms with Crippen molar-refractivity contribution in [3.63, 3.8) is 0 Å². The lowest BCUT2D eigenvalue weighted by atomic mass is 10.1. The molecule has 1 N–H and O–H groups in total. The molecule has 1 unspecified atom stereocenters. The van der Waals surface area contributed by atoms with Crippen LogP contribution in [0.15, 0.2) is 0 Å². The van der Waals surface area contributed by atoms with Gasteiger partial charge in [-0.3, -0.25) is 0 Å². The highest BCUT2D eigenvalue weighted by Gasteiger charge is 2.16. The summed E-state index contributed by atoms with van der Waals surface area (Å²) in [4.78, 5) is 0. The highest BCUT2D eigenvalue weighted by molar-refractivity contribution is 6.80. The summed E-state index contributed by atoms with van der Waals surface area (Å²) < 4.78 is 0. The Kier molecular flexibility index (Phi) is 16.6. The van der Waals surface area contributed by atoms with Gasteiger partial charge in [0.15, 0.2) is 0 Å². The number of aliphatic hydroxyl groups is 1. The SMILES string of the molecule is CCCC(C)CO.[Mg+2][Cl]. The van der Waals surface area contributed by atoms with E-state index in [9.17, 15) is 0 Å². The number of halogens is 1. The molecule has 0 aromatic carbocycles. The molecule has 0 amide bonds. The second kappa shape index (κ2) is 11.8. The normalized spacial score (nSPS) is 11.7. The molecular weight excluding hydrogens is 148 g/mol. The van der Waals surface area contributed by atoms with Crippen LogP contribution in [0.3, 0.4) is 0 Å². The van der Waals surface area contributed by atoms with E-state index in [-0.39, 0.29) is 0 Å². The maximum absolute atomic E-state index is 8.47. The zero-order valence-corrected chi connectivity index (χ0v) is 8.40. The molecule has 1 nitrogen and oxygen atoms in total. The molecule has 3 heteroatoms. The molecule has 0 rings (SSSR count). The monoisotopic (exact) mass is 161 g/mol. The number of rotatable bonds is 3. The Balaban J connectivity index is 0. The summed E-state index contributed by atoms with van der Waals surface area (Å²) in [5.41, 5.74) is 0. The topological polar surface area (TPSA) is 20.2 Å². The Bertz CT molecular complexity index is 44.0. The standard InChI is InChI=1S/C6H14O.ClH.Mg/c1-3-4-6(2)5-7;;/h6-7H,3-5H2,1-2H3;1H;/q;;+3/p-1. The summed E-state index contributed by atoms with van der Waals surface area (Å²) in [6.07, 6.45) is 2.33. The molecule has 1 atom stereocenters. The predicted molar refractivity (Wildman–Crippen MR) is 42.8 cm³/mol. The van der Waals surface area contributed by atoms with Gasteiger partial charge in [0.05, 0.1) is 0 Å². The highest BCUT2D eigenvalue weighted by Crippen LogP contribution is 2.01. The molecule has 0 aliphatic heterocycles. The molecule has 0 aliphatic rings. The van der Waals surface area contributed by atoms with Crippen LogP contribution in [-0.2, 0) is 0 Å². The van der Waals surface area contributed by atoms with Gasteiger partial charge in [0.2, 0.25) is 0 Å². The van der Waals surface area contributed by atoms with Gasteiger partial charge in [0.25, 0.3) is 0 Å². The molecule has 0 spiro atoms. The van der Waals surface area contributed by atoms with Crippen LogP contribution in [-0.4, -0.2) is 32.3 Å². The van der Waals surface area contributed by atoms with Gasteiger partial charge in [-0.1, -0.05) is 20.3 Å². The van der Waals surface area contributed by atoms with Crippen LogP contribution in [0.2, 0.25) is 0 Å². The molecule has 0 heterocycles. The van der Waals surface area contributed by atoms with Crippen molar-refractivity contribution in [1.29, 1.82) is 0 Å². The third kappa shape index (κ3) is 12.3. The van der Waals surface area contributed by atoms with Gasteiger partial charge in [-0.15, -0.1) is 0 Å². The molecule has 51 valence electrons. The van der Waals surface area contributed by atoms with Gasteiger partial charge in [0, 0.05) is 6.61 Å². The van der Waals surface area contributed by atoms with Gasteiger partial charge in [0.1, 0.15) is 0 Å². The van der Waals surface area contributed by atoms with Crippen molar-refractivity contribution in [3.05, 3.63) is 0 Å². The lowest BCUT2D eigenvalue weighted by molar-refractivity contribution is 0.229. The Morgan fingerprint density at radius 2 is 2.00 bits per heavy atom. The average Bonchev–Trinajstić information content (AvgIpc) is 1.93. The summed E-state index contributed by atoms with van der Waals surface area (Å²) in [5.74, 6) is 0.505. The Morgan fingerprint density at radius 3 is 2.11 bits per heavy atom. The lowest BCUT2D eigenvalue weighted by Crippen LogP contribution is -1.98. The highest BCUT2D eigenvalue weighted by atomic mass is 35.5. The minimum absolute atomic E-state index is 0.341. The lowest BCUT2D eigenvalue weighted by Gasteiger charge is -2.01. The number of hydrogen-bond acceptors (Lipinski definition) is 1. The first-order valence-electron chi connectivity index (χ1n) is 3.18. The molecule has 0 bridgehead atoms. The van der Waals surface area contributed by atoms with Gasteiger partial charge in [-0.05, 0) is 12.3 Å². The molecule has 0 fully saturated rings. The quantitative estimate of drug-likeness (QED) is 0.626. The van der Waals surface area contributed by atoms with Crippen LogP contribution in [0.5, 0.6) is 0 Å². The van der Waals surface area contributed by atoms with Crippen LogP contribution in [0.25, 0.3) is 0 Å². The third-order valence-electron chi connectivity index (χ3n) is 1.09. The minimum atomic E-state index is 0.341. The van der Waals surface area contributed by atoms with Crippen molar-refractivity contribution >= 4 is 29.7 Å². The van der Waals surface area contributed by atoms with E-state index in [0.29, 0.717) is 12.5 Å². The van der Waals surface area contributed by atoms with E-state index in [4.69, 9.17) is 5.11 Å². The van der Waals surface area contributed by atoms with Crippen molar-refractivity contribution in [2.45, 2.75) is 26.7 Å². The molecule has 0 aliphatic carbocycles. The van der Waals surface area contributed by atoms with Gasteiger partial charge in [-0.2, -0.15) is 0 Å². The number of hydrogen-bond donors (Lipinski definition) is 1. The van der Waals surface area contributed by atoms with Crippen molar-refractivity contribution in [2.75, 3.05) is 6.61 Å². The Morgan fingerprint density at radius 1 is 1.56 bits per heavy atom. The summed E-state index contributed by atoms with van der Waals surface area (Å²) in [6, 6.07) is 0. The fraction of sp³-hybridized carbons (Fsp3) is 1.00. The molecule has 0 saturated carbocycles. The maximum Gasteiger partial charge on any atom is 1.59 e. The minimum Gasteiger partial charge on any atom is -0.396 e. The van der Waals surface area contributed by atoms with Crippen molar-refractivity contribution in [1.82, 2.24) is 0 Å². The third-order valence-corrected chi connectivity index (χ3v) is 1.09. The smallest absolute Gasteiger partial charge is 0.396 e. The van der Waals surface area contributed by atoms with Crippen LogP contribution >= 0.6 is 9.07 Å². The van der Waals surface area contributed by atoms with E-state index in [1.807, 2.05) is 0 Å². The average molecular weight is 162 g/mol. The van der Waals surface area contributed by atoms with E-state index in [1.54, 1.807) is 0 Å². The number of aliphatic hydroxyl groups excluding tert-OH is 1. The zero-order chi connectivity index (χ0) is 7.70. The van der Waals surface area contributed by atoms with Crippen molar-refractivity contribution in [2.24, 2.45) is 5.92 Å². The first-order chi connectivity index (χ1) is 4.31. The fourth-order valence-corrected chi connectivity index (χ4v) is 0.584. The van der Waals surface area contributed by atoms with Crippen LogP contribution in [0.4, 0.5) is 0 Å². The molecule has 0 aromatic heterocycles. The van der Waals surface area contributed by atoms with E-state index in [2.05, 4.69) is 22.9 Å². The maximum atomic E-state index is 8.47. The molecule has 9 heavy (non-hydrogen) atoms. The Labute approximate surface area is 74.0 Å². The first-order valence-corrected chi connectivity index (χ1v) is 5.32. The molecule has 0 saturated heterocycles. The molecular formula is C6H14ClMgO+2.